The standard InChI is InChI=1S/C19H17N3O3S2/c1-21-8-9-25-18-5-4-17-14(15(18)11-21)6-7-22(17)27(23,24)13-2-3-16-19(10-13)26-12-20-16/h2-7,10,12H,8-9,11H2,1H3. The molecule has 0 unspecified atom stereocenters. The Kier molecular flexibility index (Phi) is 3.75. The van der Waals surface area contributed by atoms with Gasteiger partial charge in [0.1, 0.15) is 12.4 Å². The minimum Gasteiger partial charge on any atom is -0.492 e. The van der Waals surface area contributed by atoms with Gasteiger partial charge >= 0.3 is 0 Å². The highest BCUT2D eigenvalue weighted by Crippen LogP contribution is 2.33. The number of likely N-dealkylation sites (N-methyl/N-ethyl adjacent to an activating group) is 1. The Morgan fingerprint density at radius 1 is 1.19 bits per heavy atom. The van der Waals surface area contributed by atoms with E-state index in [0.717, 1.165) is 40.0 Å². The first-order valence-corrected chi connectivity index (χ1v) is 10.9. The number of aromatic nitrogens is 2. The quantitative estimate of drug-likeness (QED) is 0.517. The molecule has 0 bridgehead atoms. The molecule has 4 aromatic rings. The summed E-state index contributed by atoms with van der Waals surface area (Å²) in [7, 11) is -1.66. The minimum atomic E-state index is -3.70. The Balaban J connectivity index is 1.68. The molecule has 8 heteroatoms. The highest BCUT2D eigenvalue weighted by Gasteiger charge is 2.23. The lowest BCUT2D eigenvalue weighted by Crippen LogP contribution is -2.20. The van der Waals surface area contributed by atoms with E-state index >= 15 is 0 Å². The Hall–Kier alpha value is -2.42. The van der Waals surface area contributed by atoms with E-state index in [1.165, 1.54) is 15.3 Å². The van der Waals surface area contributed by atoms with Gasteiger partial charge in [-0.15, -0.1) is 11.3 Å². The fourth-order valence-electron chi connectivity index (χ4n) is 3.51. The van der Waals surface area contributed by atoms with E-state index in [1.54, 1.807) is 29.9 Å². The fourth-order valence-corrected chi connectivity index (χ4v) is 5.67. The summed E-state index contributed by atoms with van der Waals surface area (Å²) in [4.78, 5) is 6.66. The second-order valence-electron chi connectivity index (χ2n) is 6.66. The lowest BCUT2D eigenvalue weighted by molar-refractivity contribution is 0.259. The number of fused-ring (bicyclic) bond motifs is 4. The van der Waals surface area contributed by atoms with E-state index in [1.807, 2.05) is 25.2 Å². The van der Waals surface area contributed by atoms with Gasteiger partial charge < -0.3 is 4.74 Å². The van der Waals surface area contributed by atoms with Crippen LogP contribution >= 0.6 is 11.3 Å². The van der Waals surface area contributed by atoms with Gasteiger partial charge in [-0.25, -0.2) is 17.4 Å². The third-order valence-corrected chi connectivity index (χ3v) is 7.40. The van der Waals surface area contributed by atoms with Crippen molar-refractivity contribution in [1.82, 2.24) is 13.9 Å². The zero-order chi connectivity index (χ0) is 18.6. The van der Waals surface area contributed by atoms with E-state index in [4.69, 9.17) is 4.74 Å². The number of thiazole rings is 1. The van der Waals surface area contributed by atoms with E-state index in [9.17, 15) is 8.42 Å². The van der Waals surface area contributed by atoms with Crippen molar-refractivity contribution in [1.29, 1.82) is 0 Å². The summed E-state index contributed by atoms with van der Waals surface area (Å²) in [6, 6.07) is 10.6. The molecule has 5 rings (SSSR count). The SMILES string of the molecule is CN1CCOc2ccc3c(ccn3S(=O)(=O)c3ccc4ncsc4c3)c2C1. The summed E-state index contributed by atoms with van der Waals surface area (Å²) in [5.74, 6) is 0.827. The molecule has 6 nitrogen and oxygen atoms in total. The number of hydrogen-bond donors (Lipinski definition) is 0. The Bertz CT molecular complexity index is 1270. The molecule has 0 fully saturated rings. The normalized spacial score (nSPS) is 15.6. The molecule has 1 aliphatic heterocycles. The monoisotopic (exact) mass is 399 g/mol. The molecule has 27 heavy (non-hydrogen) atoms. The maximum atomic E-state index is 13.3. The zero-order valence-corrected chi connectivity index (χ0v) is 16.3. The molecule has 3 heterocycles. The number of rotatable bonds is 2. The van der Waals surface area contributed by atoms with E-state index < -0.39 is 10.0 Å². The van der Waals surface area contributed by atoms with Crippen LogP contribution in [0.25, 0.3) is 21.1 Å². The molecule has 2 aromatic carbocycles. The van der Waals surface area contributed by atoms with Gasteiger partial charge in [0.05, 0.1) is 26.1 Å². The minimum absolute atomic E-state index is 0.264. The Labute approximate surface area is 160 Å². The van der Waals surface area contributed by atoms with Crippen molar-refractivity contribution in [3.63, 3.8) is 0 Å². The summed E-state index contributed by atoms with van der Waals surface area (Å²) in [6.45, 7) is 2.19. The van der Waals surface area contributed by atoms with Gasteiger partial charge in [0, 0.05) is 30.2 Å². The van der Waals surface area contributed by atoms with Gasteiger partial charge in [-0.1, -0.05) is 0 Å². The molecule has 0 aliphatic carbocycles. The number of benzene rings is 2. The van der Waals surface area contributed by atoms with Gasteiger partial charge in [-0.2, -0.15) is 0 Å². The van der Waals surface area contributed by atoms with Crippen molar-refractivity contribution in [3.05, 3.63) is 53.7 Å². The van der Waals surface area contributed by atoms with Gasteiger partial charge in [-0.3, -0.25) is 4.90 Å². The first-order chi connectivity index (χ1) is 13.0. The molecule has 0 amide bonds. The fraction of sp³-hybridized carbons (Fsp3) is 0.211. The maximum Gasteiger partial charge on any atom is 0.268 e. The average Bonchev–Trinajstić information content (AvgIpc) is 3.25. The average molecular weight is 399 g/mol. The van der Waals surface area contributed by atoms with Crippen molar-refractivity contribution in [2.24, 2.45) is 0 Å². The summed E-state index contributed by atoms with van der Waals surface area (Å²) in [6.07, 6.45) is 1.63. The lowest BCUT2D eigenvalue weighted by Gasteiger charge is -2.13. The molecule has 2 aromatic heterocycles. The van der Waals surface area contributed by atoms with E-state index in [0.29, 0.717) is 12.1 Å². The summed E-state index contributed by atoms with van der Waals surface area (Å²) in [5, 5.41) is 0.906. The molecule has 1 aliphatic rings. The summed E-state index contributed by atoms with van der Waals surface area (Å²) < 4.78 is 34.6. The molecule has 0 saturated carbocycles. The number of hydrogen-bond acceptors (Lipinski definition) is 6. The predicted molar refractivity (Wildman–Crippen MR) is 106 cm³/mol. The second-order valence-corrected chi connectivity index (χ2v) is 9.36. The molecular formula is C19H17N3O3S2. The van der Waals surface area contributed by atoms with Crippen LogP contribution in [0.2, 0.25) is 0 Å². The van der Waals surface area contributed by atoms with Gasteiger partial charge in [0.15, 0.2) is 0 Å². The highest BCUT2D eigenvalue weighted by atomic mass is 32.2. The van der Waals surface area contributed by atoms with E-state index in [-0.39, 0.29) is 4.90 Å². The van der Waals surface area contributed by atoms with Crippen LogP contribution in [0.5, 0.6) is 5.75 Å². The van der Waals surface area contributed by atoms with Crippen LogP contribution in [0.3, 0.4) is 0 Å². The van der Waals surface area contributed by atoms with Gasteiger partial charge in [0.2, 0.25) is 0 Å². The molecule has 0 atom stereocenters. The number of ether oxygens (including phenoxy) is 1. The van der Waals surface area contributed by atoms with Crippen LogP contribution in [0.15, 0.2) is 53.0 Å². The van der Waals surface area contributed by atoms with Crippen LogP contribution < -0.4 is 4.74 Å². The van der Waals surface area contributed by atoms with Crippen molar-refractivity contribution in [3.8, 4) is 5.75 Å². The molecular weight excluding hydrogens is 382 g/mol. The van der Waals surface area contributed by atoms with Crippen molar-refractivity contribution < 1.29 is 13.2 Å². The molecule has 138 valence electrons. The van der Waals surface area contributed by atoms with Crippen molar-refractivity contribution in [2.45, 2.75) is 11.4 Å². The van der Waals surface area contributed by atoms with Crippen LogP contribution in [-0.2, 0) is 16.6 Å². The topological polar surface area (TPSA) is 64.4 Å². The largest absolute Gasteiger partial charge is 0.492 e. The van der Waals surface area contributed by atoms with Crippen LogP contribution in [-0.4, -0.2) is 42.5 Å². The maximum absolute atomic E-state index is 13.3. The zero-order valence-electron chi connectivity index (χ0n) is 14.6. The van der Waals surface area contributed by atoms with Crippen LogP contribution in [0.1, 0.15) is 5.56 Å². The second kappa shape index (κ2) is 6.05. The third-order valence-electron chi connectivity index (χ3n) is 4.92. The molecule has 0 radical (unpaired) electrons. The van der Waals surface area contributed by atoms with Crippen LogP contribution in [0, 0.1) is 0 Å². The first kappa shape index (κ1) is 16.7. The molecule has 0 saturated heterocycles. The van der Waals surface area contributed by atoms with Crippen LogP contribution in [0.4, 0.5) is 0 Å². The number of nitrogens with zero attached hydrogens (tertiary/aromatic N) is 3. The Morgan fingerprint density at radius 3 is 2.96 bits per heavy atom. The first-order valence-electron chi connectivity index (χ1n) is 8.57. The Morgan fingerprint density at radius 2 is 2.07 bits per heavy atom. The van der Waals surface area contributed by atoms with Crippen molar-refractivity contribution in [2.75, 3.05) is 20.2 Å². The lowest BCUT2D eigenvalue weighted by atomic mass is 10.1. The van der Waals surface area contributed by atoms with Gasteiger partial charge in [-0.05, 0) is 43.4 Å². The van der Waals surface area contributed by atoms with E-state index in [2.05, 4.69) is 9.88 Å². The third kappa shape index (κ3) is 2.63. The molecule has 0 N–H and O–H groups in total. The smallest absolute Gasteiger partial charge is 0.268 e. The van der Waals surface area contributed by atoms with Gasteiger partial charge in [0.25, 0.3) is 10.0 Å². The summed E-state index contributed by atoms with van der Waals surface area (Å²) in [5.41, 5.74) is 4.22. The predicted octanol–water partition coefficient (Wildman–Crippen LogP) is 3.31. The van der Waals surface area contributed by atoms with Crippen molar-refractivity contribution >= 4 is 42.5 Å². The summed E-state index contributed by atoms with van der Waals surface area (Å²) >= 11 is 1.43. The molecule has 0 spiro atoms. The highest BCUT2D eigenvalue weighted by molar-refractivity contribution is 7.90.